The molecule has 0 bridgehead atoms. The highest BCUT2D eigenvalue weighted by Gasteiger charge is 2.25. The van der Waals surface area contributed by atoms with Crippen molar-refractivity contribution in [1.29, 1.82) is 0 Å². The fourth-order valence-corrected chi connectivity index (χ4v) is 3.79. The Hall–Kier alpha value is -2.87. The first-order valence-electron chi connectivity index (χ1n) is 8.29. The molecule has 0 N–H and O–H groups in total. The van der Waals surface area contributed by atoms with E-state index < -0.39 is 0 Å². The summed E-state index contributed by atoms with van der Waals surface area (Å²) < 4.78 is 6.20. The van der Waals surface area contributed by atoms with E-state index >= 15 is 0 Å². The minimum absolute atomic E-state index is 0.0138. The van der Waals surface area contributed by atoms with Crippen molar-refractivity contribution in [2.24, 2.45) is 0 Å². The quantitative estimate of drug-likeness (QED) is 0.641. The van der Waals surface area contributed by atoms with E-state index in [4.69, 9.17) is 4.74 Å². The van der Waals surface area contributed by atoms with Crippen LogP contribution < -0.4 is 4.74 Å². The molecule has 24 heavy (non-hydrogen) atoms. The fourth-order valence-electron chi connectivity index (χ4n) is 3.79. The summed E-state index contributed by atoms with van der Waals surface area (Å²) in [5.41, 5.74) is 5.50. The molecule has 1 heterocycles. The molecule has 5 rings (SSSR count). The van der Waals surface area contributed by atoms with Crippen LogP contribution in [0.1, 0.15) is 32.6 Å². The Bertz CT molecular complexity index is 1030. The van der Waals surface area contributed by atoms with Crippen LogP contribution in [0.15, 0.2) is 54.6 Å². The van der Waals surface area contributed by atoms with Crippen LogP contribution in [0.2, 0.25) is 0 Å². The Morgan fingerprint density at radius 2 is 1.54 bits per heavy atom. The van der Waals surface area contributed by atoms with E-state index in [1.165, 1.54) is 22.1 Å². The molecular weight excluding hydrogens is 296 g/mol. The van der Waals surface area contributed by atoms with Gasteiger partial charge in [-0.2, -0.15) is 0 Å². The van der Waals surface area contributed by atoms with Gasteiger partial charge in [-0.15, -0.1) is 0 Å². The topological polar surface area (TPSA) is 26.3 Å². The Morgan fingerprint density at radius 1 is 0.833 bits per heavy atom. The van der Waals surface area contributed by atoms with E-state index in [1.54, 1.807) is 6.08 Å². The van der Waals surface area contributed by atoms with E-state index in [9.17, 15) is 4.79 Å². The number of hydrogen-bond acceptors (Lipinski definition) is 2. The van der Waals surface area contributed by atoms with Crippen LogP contribution in [0.3, 0.4) is 0 Å². The molecule has 1 aliphatic carbocycles. The van der Waals surface area contributed by atoms with Crippen molar-refractivity contribution in [3.63, 3.8) is 0 Å². The Labute approximate surface area is 140 Å². The summed E-state index contributed by atoms with van der Waals surface area (Å²) >= 11 is 0. The second-order valence-corrected chi connectivity index (χ2v) is 6.59. The second-order valence-electron chi connectivity index (χ2n) is 6.59. The van der Waals surface area contributed by atoms with Crippen LogP contribution in [0.5, 0.6) is 5.75 Å². The van der Waals surface area contributed by atoms with Gasteiger partial charge in [0.1, 0.15) is 11.5 Å². The number of benzene rings is 3. The third kappa shape index (κ3) is 1.86. The zero-order valence-corrected chi connectivity index (χ0v) is 13.4. The number of hydrogen-bond donors (Lipinski definition) is 0. The zero-order chi connectivity index (χ0) is 16.3. The van der Waals surface area contributed by atoms with E-state index in [0.29, 0.717) is 5.76 Å². The molecule has 2 heteroatoms. The van der Waals surface area contributed by atoms with Crippen LogP contribution in [0, 0.1) is 6.92 Å². The molecule has 0 atom stereocenters. The Kier molecular flexibility index (Phi) is 2.72. The summed E-state index contributed by atoms with van der Waals surface area (Å²) in [4.78, 5) is 12.8. The first-order chi connectivity index (χ1) is 11.7. The number of carbonyl (C=O) groups is 1. The summed E-state index contributed by atoms with van der Waals surface area (Å²) in [6.45, 7) is 2.05. The number of aryl methyl sites for hydroxylation is 3. The van der Waals surface area contributed by atoms with Crippen molar-refractivity contribution in [1.82, 2.24) is 0 Å². The number of carbonyl (C=O) groups excluding carboxylic acids is 1. The third-order valence-corrected chi connectivity index (χ3v) is 5.04. The largest absolute Gasteiger partial charge is 0.456 e. The van der Waals surface area contributed by atoms with Crippen molar-refractivity contribution in [3.05, 3.63) is 82.4 Å². The first kappa shape index (κ1) is 13.6. The molecule has 0 saturated carbocycles. The van der Waals surface area contributed by atoms with E-state index in [2.05, 4.69) is 12.1 Å². The summed E-state index contributed by atoms with van der Waals surface area (Å²) in [7, 11) is 0. The third-order valence-electron chi connectivity index (χ3n) is 5.04. The molecule has 0 aromatic heterocycles. The van der Waals surface area contributed by atoms with E-state index in [-0.39, 0.29) is 5.78 Å². The standard InChI is InChI=1S/C22H16O2/c1-13-2-4-14(5-3-13)20-12-18(23)17-10-8-15-6-7-16-9-11-19(24-20)22(17)21(15)16/h2-5,8-12H,6-7H2,1H3. The Morgan fingerprint density at radius 3 is 2.29 bits per heavy atom. The molecule has 3 aromatic rings. The molecular formula is C22H16O2. The van der Waals surface area contributed by atoms with Crippen LogP contribution in [-0.2, 0) is 12.8 Å². The monoisotopic (exact) mass is 312 g/mol. The van der Waals surface area contributed by atoms with Gasteiger partial charge < -0.3 is 4.74 Å². The summed E-state index contributed by atoms with van der Waals surface area (Å²) in [6.07, 6.45) is 3.71. The summed E-state index contributed by atoms with van der Waals surface area (Å²) in [5, 5.41) is 2.20. The van der Waals surface area contributed by atoms with Gasteiger partial charge in [0.15, 0.2) is 5.78 Å². The molecule has 1 aliphatic heterocycles. The minimum atomic E-state index is 0.0138. The Balaban J connectivity index is 1.75. The highest BCUT2D eigenvalue weighted by Crippen LogP contribution is 2.41. The lowest BCUT2D eigenvalue weighted by Gasteiger charge is -2.12. The van der Waals surface area contributed by atoms with Gasteiger partial charge in [-0.1, -0.05) is 42.0 Å². The molecule has 0 unspecified atom stereocenters. The van der Waals surface area contributed by atoms with Gasteiger partial charge in [0.2, 0.25) is 0 Å². The maximum atomic E-state index is 12.8. The van der Waals surface area contributed by atoms with Gasteiger partial charge in [-0.05, 0) is 48.4 Å². The number of rotatable bonds is 1. The van der Waals surface area contributed by atoms with Gasteiger partial charge in [0, 0.05) is 22.6 Å². The van der Waals surface area contributed by atoms with E-state index in [1.807, 2.05) is 43.3 Å². The average molecular weight is 312 g/mol. The average Bonchev–Trinajstić information content (AvgIpc) is 2.95. The maximum absolute atomic E-state index is 12.8. The van der Waals surface area contributed by atoms with Gasteiger partial charge in [-0.3, -0.25) is 4.79 Å². The van der Waals surface area contributed by atoms with Gasteiger partial charge in [-0.25, -0.2) is 0 Å². The molecule has 0 radical (unpaired) electrons. The molecule has 0 saturated heterocycles. The highest BCUT2D eigenvalue weighted by atomic mass is 16.5. The first-order valence-corrected chi connectivity index (χ1v) is 8.29. The van der Waals surface area contributed by atoms with Crippen molar-refractivity contribution < 1.29 is 9.53 Å². The zero-order valence-electron chi connectivity index (χ0n) is 13.4. The molecule has 0 spiro atoms. The maximum Gasteiger partial charge on any atom is 0.190 e. The van der Waals surface area contributed by atoms with Crippen LogP contribution in [-0.4, -0.2) is 5.78 Å². The number of ketones is 1. The van der Waals surface area contributed by atoms with Crippen molar-refractivity contribution in [2.45, 2.75) is 19.8 Å². The molecule has 2 nitrogen and oxygen atoms in total. The number of allylic oxidation sites excluding steroid dienone is 1. The predicted molar refractivity (Wildman–Crippen MR) is 95.5 cm³/mol. The highest BCUT2D eigenvalue weighted by molar-refractivity contribution is 6.19. The van der Waals surface area contributed by atoms with Crippen LogP contribution in [0.25, 0.3) is 16.5 Å². The van der Waals surface area contributed by atoms with Crippen molar-refractivity contribution >= 4 is 22.3 Å². The lowest BCUT2D eigenvalue weighted by atomic mass is 9.97. The van der Waals surface area contributed by atoms with E-state index in [0.717, 1.165) is 35.1 Å². The fraction of sp³-hybridized carbons (Fsp3) is 0.136. The predicted octanol–water partition coefficient (Wildman–Crippen LogP) is 4.86. The van der Waals surface area contributed by atoms with Gasteiger partial charge in [0.05, 0.1) is 0 Å². The minimum Gasteiger partial charge on any atom is -0.456 e. The second kappa shape index (κ2) is 4.81. The summed E-state index contributed by atoms with van der Waals surface area (Å²) in [5.74, 6) is 1.41. The normalized spacial score (nSPS) is 15.2. The molecule has 0 fully saturated rings. The molecule has 116 valence electrons. The molecule has 3 aromatic carbocycles. The lowest BCUT2D eigenvalue weighted by Crippen LogP contribution is -1.97. The smallest absolute Gasteiger partial charge is 0.190 e. The van der Waals surface area contributed by atoms with Crippen LogP contribution in [0.4, 0.5) is 0 Å². The lowest BCUT2D eigenvalue weighted by molar-refractivity contribution is 0.104. The summed E-state index contributed by atoms with van der Waals surface area (Å²) in [6, 6.07) is 16.3. The van der Waals surface area contributed by atoms with Gasteiger partial charge >= 0.3 is 0 Å². The van der Waals surface area contributed by atoms with Crippen molar-refractivity contribution in [2.75, 3.05) is 0 Å². The van der Waals surface area contributed by atoms with Crippen LogP contribution >= 0.6 is 0 Å². The van der Waals surface area contributed by atoms with Gasteiger partial charge in [0.25, 0.3) is 0 Å². The number of ether oxygens (including phenoxy) is 1. The molecule has 0 amide bonds. The SMILES string of the molecule is Cc1ccc(C2=CC(=O)c3ccc4c5c(ccc(c35)O2)CC4)cc1. The van der Waals surface area contributed by atoms with Crippen molar-refractivity contribution in [3.8, 4) is 5.75 Å². The molecule has 2 aliphatic rings.